The van der Waals surface area contributed by atoms with E-state index in [9.17, 15) is 9.90 Å². The molecule has 0 unspecified atom stereocenters. The van der Waals surface area contributed by atoms with Gasteiger partial charge in [-0.05, 0) is 57.4 Å². The number of fused-ring (bicyclic) bond motifs is 1. The van der Waals surface area contributed by atoms with Crippen molar-refractivity contribution < 1.29 is 9.90 Å². The fraction of sp³-hybridized carbons (Fsp3) is 0.571. The van der Waals surface area contributed by atoms with Crippen LogP contribution in [0.3, 0.4) is 0 Å². The van der Waals surface area contributed by atoms with Crippen LogP contribution in [0, 0.1) is 20.8 Å². The Kier molecular flexibility index (Phi) is 5.99. The summed E-state index contributed by atoms with van der Waals surface area (Å²) in [4.78, 5) is 18.2. The smallest absolute Gasteiger partial charge is 0.224 e. The van der Waals surface area contributed by atoms with Crippen LogP contribution in [0.4, 0.5) is 0 Å². The number of likely N-dealkylation sites (tertiary alicyclic amines) is 1. The van der Waals surface area contributed by atoms with Crippen LogP contribution in [0.15, 0.2) is 12.1 Å². The van der Waals surface area contributed by atoms with Crippen LogP contribution < -0.4 is 5.32 Å². The van der Waals surface area contributed by atoms with E-state index in [-0.39, 0.29) is 18.6 Å². The van der Waals surface area contributed by atoms with Gasteiger partial charge in [-0.15, -0.1) is 0 Å². The van der Waals surface area contributed by atoms with Crippen LogP contribution in [0.25, 0.3) is 10.9 Å². The van der Waals surface area contributed by atoms with Gasteiger partial charge in [0.1, 0.15) is 0 Å². The van der Waals surface area contributed by atoms with Crippen LogP contribution >= 0.6 is 0 Å². The molecule has 1 fully saturated rings. The number of aliphatic hydroxyl groups excluding tert-OH is 1. The summed E-state index contributed by atoms with van der Waals surface area (Å²) in [5, 5.41) is 13.7. The van der Waals surface area contributed by atoms with Crippen LogP contribution in [-0.4, -0.2) is 53.2 Å². The van der Waals surface area contributed by atoms with Gasteiger partial charge in [-0.25, -0.2) is 0 Å². The fourth-order valence-corrected chi connectivity index (χ4v) is 4.19. The summed E-state index contributed by atoms with van der Waals surface area (Å²) in [5.41, 5.74) is 5.73. The number of aromatic nitrogens is 1. The van der Waals surface area contributed by atoms with Crippen molar-refractivity contribution in [2.75, 3.05) is 26.2 Å². The molecule has 5 heteroatoms. The summed E-state index contributed by atoms with van der Waals surface area (Å²) in [6.45, 7) is 8.90. The molecule has 1 saturated heterocycles. The molecule has 26 heavy (non-hydrogen) atoms. The highest BCUT2D eigenvalue weighted by Gasteiger charge is 2.21. The minimum absolute atomic E-state index is 0.0608. The molecule has 0 aliphatic carbocycles. The molecule has 1 aromatic carbocycles. The summed E-state index contributed by atoms with van der Waals surface area (Å²) in [7, 11) is 0. The van der Waals surface area contributed by atoms with Gasteiger partial charge in [0.25, 0.3) is 0 Å². The second-order valence-electron chi connectivity index (χ2n) is 7.63. The minimum atomic E-state index is 0.0608. The second-order valence-corrected chi connectivity index (χ2v) is 7.63. The Balaban J connectivity index is 1.60. The van der Waals surface area contributed by atoms with E-state index in [2.05, 4.69) is 41.2 Å². The molecule has 5 nitrogen and oxygen atoms in total. The summed E-state index contributed by atoms with van der Waals surface area (Å²) in [6, 6.07) is 4.58. The van der Waals surface area contributed by atoms with Gasteiger partial charge >= 0.3 is 0 Å². The quantitative estimate of drug-likeness (QED) is 0.744. The number of H-pyrrole nitrogens is 1. The van der Waals surface area contributed by atoms with Gasteiger partial charge in [-0.3, -0.25) is 9.69 Å². The molecule has 3 N–H and O–H groups in total. The molecular weight excluding hydrogens is 326 g/mol. The van der Waals surface area contributed by atoms with E-state index >= 15 is 0 Å². The fourth-order valence-electron chi connectivity index (χ4n) is 4.19. The Hall–Kier alpha value is -1.85. The van der Waals surface area contributed by atoms with Crippen molar-refractivity contribution in [2.45, 2.75) is 52.5 Å². The lowest BCUT2D eigenvalue weighted by molar-refractivity contribution is -0.120. The number of carbonyl (C=O) groups is 1. The van der Waals surface area contributed by atoms with Crippen molar-refractivity contribution in [2.24, 2.45) is 0 Å². The molecule has 2 aromatic rings. The van der Waals surface area contributed by atoms with Crippen molar-refractivity contribution in [3.8, 4) is 0 Å². The first-order valence-electron chi connectivity index (χ1n) is 9.69. The molecule has 0 radical (unpaired) electrons. The van der Waals surface area contributed by atoms with E-state index in [1.807, 2.05) is 6.92 Å². The zero-order valence-electron chi connectivity index (χ0n) is 16.2. The zero-order chi connectivity index (χ0) is 18.7. The highest BCUT2D eigenvalue weighted by atomic mass is 16.3. The van der Waals surface area contributed by atoms with Crippen LogP contribution in [0.2, 0.25) is 0 Å². The standard InChI is InChI=1S/C21H31N3O2/c1-14-10-15(2)21-19(11-14)18(16(3)23-21)12-20(26)22-7-9-24-8-5-4-6-17(24)13-25/h10-11,17,23,25H,4-9,12-13H2,1-3H3,(H,22,26)/t17-/m0/s1. The van der Waals surface area contributed by atoms with Crippen molar-refractivity contribution in [3.05, 3.63) is 34.5 Å². The maximum Gasteiger partial charge on any atom is 0.224 e. The lowest BCUT2D eigenvalue weighted by atomic mass is 10.0. The first kappa shape index (κ1) is 18.9. The van der Waals surface area contributed by atoms with Crippen molar-refractivity contribution in [1.82, 2.24) is 15.2 Å². The summed E-state index contributed by atoms with van der Waals surface area (Å²) in [5.74, 6) is 0.0608. The topological polar surface area (TPSA) is 68.4 Å². The summed E-state index contributed by atoms with van der Waals surface area (Å²) >= 11 is 0. The normalized spacial score (nSPS) is 18.4. The largest absolute Gasteiger partial charge is 0.395 e. The van der Waals surface area contributed by atoms with Crippen LogP contribution in [-0.2, 0) is 11.2 Å². The lowest BCUT2D eigenvalue weighted by Gasteiger charge is -2.34. The van der Waals surface area contributed by atoms with Gasteiger partial charge in [0, 0.05) is 35.7 Å². The number of hydrogen-bond donors (Lipinski definition) is 3. The number of aryl methyl sites for hydroxylation is 3. The third-order valence-electron chi connectivity index (χ3n) is 5.59. The van der Waals surface area contributed by atoms with E-state index in [0.717, 1.165) is 41.7 Å². The molecular formula is C21H31N3O2. The van der Waals surface area contributed by atoms with Gasteiger partial charge in [0.15, 0.2) is 0 Å². The highest BCUT2D eigenvalue weighted by Crippen LogP contribution is 2.26. The number of nitrogens with one attached hydrogen (secondary N) is 2. The Bertz CT molecular complexity index is 781. The molecule has 0 saturated carbocycles. The number of hydrogen-bond acceptors (Lipinski definition) is 3. The average Bonchev–Trinajstić information content (AvgIpc) is 2.92. The Morgan fingerprint density at radius 3 is 2.88 bits per heavy atom. The Morgan fingerprint density at radius 1 is 1.31 bits per heavy atom. The predicted molar refractivity (Wildman–Crippen MR) is 106 cm³/mol. The Labute approximate surface area is 155 Å². The van der Waals surface area contributed by atoms with Crippen LogP contribution in [0.1, 0.15) is 41.6 Å². The average molecular weight is 357 g/mol. The van der Waals surface area contributed by atoms with Gasteiger partial charge in [-0.2, -0.15) is 0 Å². The molecule has 142 valence electrons. The second kappa shape index (κ2) is 8.23. The predicted octanol–water partition coefficient (Wildman–Crippen LogP) is 2.60. The molecule has 3 rings (SSSR count). The first-order valence-corrected chi connectivity index (χ1v) is 9.69. The van der Waals surface area contributed by atoms with Gasteiger partial charge in [0.05, 0.1) is 13.0 Å². The highest BCUT2D eigenvalue weighted by molar-refractivity contribution is 5.92. The molecule has 1 atom stereocenters. The molecule has 1 aromatic heterocycles. The maximum atomic E-state index is 12.5. The van der Waals surface area contributed by atoms with Crippen molar-refractivity contribution >= 4 is 16.8 Å². The molecule has 2 heterocycles. The number of aromatic amines is 1. The summed E-state index contributed by atoms with van der Waals surface area (Å²) in [6.07, 6.45) is 3.82. The van der Waals surface area contributed by atoms with Crippen LogP contribution in [0.5, 0.6) is 0 Å². The first-order chi connectivity index (χ1) is 12.5. The van der Waals surface area contributed by atoms with Gasteiger partial charge < -0.3 is 15.4 Å². The molecule has 1 amide bonds. The molecule has 1 aliphatic rings. The molecule has 0 spiro atoms. The Morgan fingerprint density at radius 2 is 2.12 bits per heavy atom. The van der Waals surface area contributed by atoms with E-state index in [1.165, 1.54) is 24.0 Å². The number of piperidine rings is 1. The number of carbonyl (C=O) groups excluding carboxylic acids is 1. The molecule has 1 aliphatic heterocycles. The number of rotatable bonds is 6. The zero-order valence-corrected chi connectivity index (χ0v) is 16.2. The lowest BCUT2D eigenvalue weighted by Crippen LogP contribution is -2.45. The summed E-state index contributed by atoms with van der Waals surface area (Å²) < 4.78 is 0. The third-order valence-corrected chi connectivity index (χ3v) is 5.59. The van der Waals surface area contributed by atoms with Gasteiger partial charge in [-0.1, -0.05) is 18.1 Å². The van der Waals surface area contributed by atoms with E-state index in [0.29, 0.717) is 13.0 Å². The monoisotopic (exact) mass is 357 g/mol. The number of aliphatic hydroxyl groups is 1. The van der Waals surface area contributed by atoms with E-state index in [4.69, 9.17) is 0 Å². The van der Waals surface area contributed by atoms with E-state index in [1.54, 1.807) is 0 Å². The van der Waals surface area contributed by atoms with Crippen molar-refractivity contribution in [3.63, 3.8) is 0 Å². The number of amides is 1. The number of benzene rings is 1. The number of nitrogens with zero attached hydrogens (tertiary/aromatic N) is 1. The van der Waals surface area contributed by atoms with Gasteiger partial charge in [0.2, 0.25) is 5.91 Å². The maximum absolute atomic E-state index is 12.5. The SMILES string of the molecule is Cc1cc(C)c2[nH]c(C)c(CC(=O)NCCN3CCCC[C@H]3CO)c2c1. The van der Waals surface area contributed by atoms with E-state index < -0.39 is 0 Å². The minimum Gasteiger partial charge on any atom is -0.395 e. The molecule has 0 bridgehead atoms. The third kappa shape index (κ3) is 4.10. The van der Waals surface area contributed by atoms with Crippen molar-refractivity contribution in [1.29, 1.82) is 0 Å².